The number of rotatable bonds is 6. The molecule has 0 saturated heterocycles. The minimum absolute atomic E-state index is 0.0929. The van der Waals surface area contributed by atoms with Crippen molar-refractivity contribution < 1.29 is 14.4 Å². The molecule has 0 aliphatic carbocycles. The van der Waals surface area contributed by atoms with Gasteiger partial charge in [0.25, 0.3) is 0 Å². The maximum atomic E-state index is 13.6. The van der Waals surface area contributed by atoms with Gasteiger partial charge in [0.1, 0.15) is 5.25 Å². The number of para-hydroxylation sites is 2. The van der Waals surface area contributed by atoms with Crippen LogP contribution >= 0.6 is 11.8 Å². The van der Waals surface area contributed by atoms with Gasteiger partial charge in [-0.1, -0.05) is 60.7 Å². The van der Waals surface area contributed by atoms with Crippen LogP contribution in [0.1, 0.15) is 24.2 Å². The number of amides is 3. The number of likely N-dealkylation sites (N-methyl/N-ethyl adjacent to an activating group) is 1. The van der Waals surface area contributed by atoms with E-state index >= 15 is 0 Å². The molecule has 4 rings (SSSR count). The van der Waals surface area contributed by atoms with Gasteiger partial charge in [0, 0.05) is 24.4 Å². The fourth-order valence-corrected chi connectivity index (χ4v) is 5.21. The molecule has 0 fully saturated rings. The molecular formula is C27H27N3O3S. The Morgan fingerprint density at radius 3 is 2.32 bits per heavy atom. The maximum Gasteiger partial charge on any atom is 0.246 e. The number of benzene rings is 3. The van der Waals surface area contributed by atoms with Crippen LogP contribution in [0.4, 0.5) is 11.4 Å². The summed E-state index contributed by atoms with van der Waals surface area (Å²) < 4.78 is 0. The van der Waals surface area contributed by atoms with E-state index in [-0.39, 0.29) is 36.7 Å². The van der Waals surface area contributed by atoms with E-state index < -0.39 is 5.25 Å². The molecule has 0 bridgehead atoms. The van der Waals surface area contributed by atoms with Gasteiger partial charge < -0.3 is 15.1 Å². The average Bonchev–Trinajstić information content (AvgIpc) is 2.97. The molecule has 0 aromatic heterocycles. The number of carbonyl (C=O) groups is 3. The van der Waals surface area contributed by atoms with Crippen LogP contribution in [-0.4, -0.2) is 42.3 Å². The second-order valence-electron chi connectivity index (χ2n) is 8.30. The minimum Gasteiger partial charge on any atom is -0.335 e. The number of nitrogens with zero attached hydrogens (tertiary/aromatic N) is 2. The number of anilines is 2. The van der Waals surface area contributed by atoms with Gasteiger partial charge in [0.05, 0.1) is 17.9 Å². The summed E-state index contributed by atoms with van der Waals surface area (Å²) >= 11 is 1.46. The van der Waals surface area contributed by atoms with Crippen molar-refractivity contribution in [1.82, 2.24) is 4.90 Å². The monoisotopic (exact) mass is 473 g/mol. The van der Waals surface area contributed by atoms with Crippen LogP contribution in [0.2, 0.25) is 0 Å². The largest absolute Gasteiger partial charge is 0.335 e. The number of hydrogen-bond acceptors (Lipinski definition) is 4. The van der Waals surface area contributed by atoms with E-state index in [0.717, 1.165) is 10.5 Å². The summed E-state index contributed by atoms with van der Waals surface area (Å²) in [7, 11) is 1.65. The second kappa shape index (κ2) is 10.6. The normalized spacial score (nSPS) is 16.1. The maximum absolute atomic E-state index is 13.6. The van der Waals surface area contributed by atoms with Crippen LogP contribution < -0.4 is 10.2 Å². The molecule has 3 aromatic rings. The van der Waals surface area contributed by atoms with Crippen molar-refractivity contribution >= 4 is 40.9 Å². The van der Waals surface area contributed by atoms with Crippen molar-refractivity contribution in [2.24, 2.45) is 0 Å². The highest BCUT2D eigenvalue weighted by Gasteiger charge is 2.32. The van der Waals surface area contributed by atoms with Crippen molar-refractivity contribution in [3.05, 3.63) is 90.5 Å². The van der Waals surface area contributed by atoms with Crippen LogP contribution in [0.3, 0.4) is 0 Å². The summed E-state index contributed by atoms with van der Waals surface area (Å²) in [5.74, 6) is -0.523. The van der Waals surface area contributed by atoms with Crippen LogP contribution in [0.15, 0.2) is 89.8 Å². The first-order valence-corrected chi connectivity index (χ1v) is 12.0. The van der Waals surface area contributed by atoms with Gasteiger partial charge in [0.15, 0.2) is 0 Å². The third kappa shape index (κ3) is 5.31. The average molecular weight is 474 g/mol. The van der Waals surface area contributed by atoms with Crippen LogP contribution in [0.25, 0.3) is 0 Å². The lowest BCUT2D eigenvalue weighted by Gasteiger charge is -2.30. The molecule has 34 heavy (non-hydrogen) atoms. The summed E-state index contributed by atoms with van der Waals surface area (Å²) in [6.07, 6.45) is 0.189. The molecule has 174 valence electrons. The van der Waals surface area contributed by atoms with E-state index in [1.807, 2.05) is 85.8 Å². The van der Waals surface area contributed by atoms with E-state index in [9.17, 15) is 14.4 Å². The van der Waals surface area contributed by atoms with Crippen LogP contribution in [-0.2, 0) is 14.4 Å². The third-order valence-corrected chi connectivity index (χ3v) is 6.95. The Morgan fingerprint density at radius 2 is 1.62 bits per heavy atom. The van der Waals surface area contributed by atoms with Gasteiger partial charge in [-0.25, -0.2) is 0 Å². The third-order valence-electron chi connectivity index (χ3n) is 5.70. The highest BCUT2D eigenvalue weighted by Crippen LogP contribution is 2.37. The Balaban J connectivity index is 1.56. The van der Waals surface area contributed by atoms with E-state index in [0.29, 0.717) is 11.4 Å². The van der Waals surface area contributed by atoms with Crippen molar-refractivity contribution in [1.29, 1.82) is 0 Å². The van der Waals surface area contributed by atoms with Crippen molar-refractivity contribution in [2.45, 2.75) is 29.5 Å². The lowest BCUT2D eigenvalue weighted by molar-refractivity contribution is -0.133. The summed E-state index contributed by atoms with van der Waals surface area (Å²) in [4.78, 5) is 43.4. The molecule has 0 spiro atoms. The number of nitrogens with one attached hydrogen (secondary N) is 1. The van der Waals surface area contributed by atoms with E-state index in [4.69, 9.17) is 0 Å². The number of carbonyl (C=O) groups excluding carboxylic acids is 3. The van der Waals surface area contributed by atoms with E-state index in [2.05, 4.69) is 5.32 Å². The molecule has 3 aromatic carbocycles. The Hall–Kier alpha value is -3.58. The molecule has 2 atom stereocenters. The predicted molar refractivity (Wildman–Crippen MR) is 136 cm³/mol. The van der Waals surface area contributed by atoms with E-state index in [1.165, 1.54) is 16.7 Å². The molecule has 7 heteroatoms. The molecule has 0 saturated carbocycles. The van der Waals surface area contributed by atoms with Crippen LogP contribution in [0, 0.1) is 0 Å². The van der Waals surface area contributed by atoms with Crippen molar-refractivity contribution in [2.75, 3.05) is 23.8 Å². The molecule has 1 aliphatic rings. The van der Waals surface area contributed by atoms with Gasteiger partial charge in [-0.2, -0.15) is 0 Å². The number of fused-ring (bicyclic) bond motifs is 1. The summed E-state index contributed by atoms with van der Waals surface area (Å²) in [6, 6.07) is 26.3. The van der Waals surface area contributed by atoms with Gasteiger partial charge in [-0.15, -0.1) is 11.8 Å². The van der Waals surface area contributed by atoms with Gasteiger partial charge >= 0.3 is 0 Å². The fraction of sp³-hybridized carbons (Fsp3) is 0.222. The van der Waals surface area contributed by atoms with Crippen molar-refractivity contribution in [3.63, 3.8) is 0 Å². The first kappa shape index (κ1) is 23.6. The highest BCUT2D eigenvalue weighted by molar-refractivity contribution is 8.00. The first-order valence-electron chi connectivity index (χ1n) is 11.2. The SMILES string of the molecule is C[C@H]1CC(=O)Nc2ccccc2N1C(=O)CN(C)C(=O)[C@@H](Sc1ccccc1)c1ccccc1. The molecule has 3 amide bonds. The molecule has 0 radical (unpaired) electrons. The summed E-state index contributed by atoms with van der Waals surface area (Å²) in [6.45, 7) is 1.75. The molecule has 6 nitrogen and oxygen atoms in total. The highest BCUT2D eigenvalue weighted by atomic mass is 32.2. The summed E-state index contributed by atoms with van der Waals surface area (Å²) in [5, 5.41) is 2.38. The van der Waals surface area contributed by atoms with Gasteiger partial charge in [-0.3, -0.25) is 14.4 Å². The van der Waals surface area contributed by atoms with Crippen LogP contribution in [0.5, 0.6) is 0 Å². The molecule has 1 heterocycles. The number of hydrogen-bond donors (Lipinski definition) is 1. The number of thioether (sulfide) groups is 1. The first-order chi connectivity index (χ1) is 16.4. The zero-order chi connectivity index (χ0) is 24.1. The fourth-order valence-electron chi connectivity index (χ4n) is 4.05. The Kier molecular flexibility index (Phi) is 7.33. The van der Waals surface area contributed by atoms with Crippen molar-refractivity contribution in [3.8, 4) is 0 Å². The van der Waals surface area contributed by atoms with E-state index in [1.54, 1.807) is 18.0 Å². The second-order valence-corrected chi connectivity index (χ2v) is 9.48. The van der Waals surface area contributed by atoms with Gasteiger partial charge in [0.2, 0.25) is 17.7 Å². The Labute approximate surface area is 204 Å². The molecule has 0 unspecified atom stereocenters. The minimum atomic E-state index is -0.488. The Morgan fingerprint density at radius 1 is 1.00 bits per heavy atom. The molecule has 1 N–H and O–H groups in total. The lowest BCUT2D eigenvalue weighted by atomic mass is 10.1. The summed E-state index contributed by atoms with van der Waals surface area (Å²) in [5.41, 5.74) is 2.12. The smallest absolute Gasteiger partial charge is 0.246 e. The predicted octanol–water partition coefficient (Wildman–Crippen LogP) is 4.74. The molecule has 1 aliphatic heterocycles. The quantitative estimate of drug-likeness (QED) is 0.525. The lowest BCUT2D eigenvalue weighted by Crippen LogP contribution is -2.46. The zero-order valence-electron chi connectivity index (χ0n) is 19.2. The standard InChI is InChI=1S/C27H27N3O3S/c1-19-17-24(31)28-22-15-9-10-16-23(22)30(19)25(32)18-29(2)27(33)26(20-11-5-3-6-12-20)34-21-13-7-4-8-14-21/h3-16,19,26H,17-18H2,1-2H3,(H,28,31)/t19-,26-/m0/s1. The Bertz CT molecular complexity index is 1170. The zero-order valence-corrected chi connectivity index (χ0v) is 20.0. The topological polar surface area (TPSA) is 69.7 Å². The molecular weight excluding hydrogens is 446 g/mol. The van der Waals surface area contributed by atoms with Gasteiger partial charge in [-0.05, 0) is 36.8 Å².